The molecule has 3 heteroatoms. The molecule has 0 N–H and O–H groups in total. The Labute approximate surface area is 132 Å². The fourth-order valence-electron chi connectivity index (χ4n) is 1.69. The molecule has 0 aromatic heterocycles. The Morgan fingerprint density at radius 3 is 2.47 bits per heavy atom. The first kappa shape index (κ1) is 13.6. The quantitative estimate of drug-likeness (QED) is 0.401. The summed E-state index contributed by atoms with van der Waals surface area (Å²) in [6, 6.07) is 17.0. The number of hydrogen-bond acceptors (Lipinski definition) is 0. The van der Waals surface area contributed by atoms with Gasteiger partial charge in [-0.3, -0.25) is 0 Å². The van der Waals surface area contributed by atoms with Gasteiger partial charge in [-0.2, -0.15) is 0 Å². The molecule has 88 valence electrons. The molecule has 0 spiro atoms. The lowest BCUT2D eigenvalue weighted by Crippen LogP contribution is -1.97. The predicted molar refractivity (Wildman–Crippen MR) is 88.7 cm³/mol. The molecule has 0 radical (unpaired) electrons. The van der Waals surface area contributed by atoms with Crippen molar-refractivity contribution in [2.45, 2.75) is 11.2 Å². The van der Waals surface area contributed by atoms with Gasteiger partial charge in [0.05, 0.1) is 0 Å². The van der Waals surface area contributed by atoms with Crippen molar-refractivity contribution in [3.8, 4) is 0 Å². The molecule has 1 unspecified atom stereocenters. The number of hydrogen-bond donors (Lipinski definition) is 0. The number of benzene rings is 2. The molecule has 2 aromatic rings. The average Bonchev–Trinajstić information content (AvgIpc) is 2.33. The second kappa shape index (κ2) is 6.34. The lowest BCUT2D eigenvalue weighted by Gasteiger charge is -2.13. The minimum Gasteiger partial charge on any atom is -0.0835 e. The topological polar surface area (TPSA) is 0 Å². The van der Waals surface area contributed by atoms with Crippen molar-refractivity contribution in [3.05, 3.63) is 67.7 Å². The van der Waals surface area contributed by atoms with Crippen molar-refractivity contribution >= 4 is 54.5 Å². The minimum absolute atomic E-state index is 0.342. The fourth-order valence-corrected chi connectivity index (χ4v) is 3.78. The van der Waals surface area contributed by atoms with Crippen LogP contribution in [0.5, 0.6) is 0 Å². The predicted octanol–water partition coefficient (Wildman–Crippen LogP) is 5.73. The van der Waals surface area contributed by atoms with Gasteiger partial charge in [0.1, 0.15) is 0 Å². The van der Waals surface area contributed by atoms with E-state index in [1.165, 1.54) is 14.7 Å². The van der Waals surface area contributed by atoms with E-state index < -0.39 is 0 Å². The van der Waals surface area contributed by atoms with E-state index in [0.717, 1.165) is 10.9 Å². The highest BCUT2D eigenvalue weighted by Crippen LogP contribution is 2.33. The number of halogens is 3. The van der Waals surface area contributed by atoms with Crippen LogP contribution in [0.1, 0.15) is 16.0 Å². The van der Waals surface area contributed by atoms with Gasteiger partial charge in [-0.05, 0) is 58.3 Å². The Bertz CT molecular complexity index is 497. The highest BCUT2D eigenvalue weighted by molar-refractivity contribution is 14.1. The maximum absolute atomic E-state index is 3.77. The first-order valence-corrected chi connectivity index (χ1v) is 8.08. The molecule has 0 saturated heterocycles. The summed E-state index contributed by atoms with van der Waals surface area (Å²) >= 11 is 9.73. The summed E-state index contributed by atoms with van der Waals surface area (Å²) in [5.41, 5.74) is 2.65. The van der Waals surface area contributed by atoms with Gasteiger partial charge in [0, 0.05) is 12.9 Å². The molecule has 0 aliphatic rings. The Balaban J connectivity index is 2.20. The molecular formula is C14H11Br2I. The zero-order chi connectivity index (χ0) is 12.3. The molecule has 0 aliphatic heterocycles. The number of alkyl halides is 1. The summed E-state index contributed by atoms with van der Waals surface area (Å²) in [7, 11) is 0. The molecular weight excluding hydrogens is 455 g/mol. The second-order valence-electron chi connectivity index (χ2n) is 3.82. The van der Waals surface area contributed by atoms with Gasteiger partial charge in [-0.15, -0.1) is 0 Å². The van der Waals surface area contributed by atoms with Crippen molar-refractivity contribution in [1.82, 2.24) is 0 Å². The lowest BCUT2D eigenvalue weighted by atomic mass is 10.0. The van der Waals surface area contributed by atoms with E-state index in [2.05, 4.69) is 96.9 Å². The van der Waals surface area contributed by atoms with E-state index in [1.807, 2.05) is 6.07 Å². The molecule has 0 bridgehead atoms. The third kappa shape index (κ3) is 3.80. The molecule has 0 aliphatic carbocycles. The second-order valence-corrected chi connectivity index (χ2v) is 7.03. The van der Waals surface area contributed by atoms with Gasteiger partial charge < -0.3 is 0 Å². The van der Waals surface area contributed by atoms with Gasteiger partial charge in [0.15, 0.2) is 0 Å². The van der Waals surface area contributed by atoms with Crippen LogP contribution >= 0.6 is 54.5 Å². The molecule has 0 heterocycles. The maximum Gasteiger partial charge on any atom is 0.0447 e. The summed E-state index contributed by atoms with van der Waals surface area (Å²) in [6.07, 6.45) is 1.000. The number of rotatable bonds is 3. The fraction of sp³-hybridized carbons (Fsp3) is 0.143. The summed E-state index contributed by atoms with van der Waals surface area (Å²) in [5, 5.41) is 0. The molecule has 0 fully saturated rings. The van der Waals surface area contributed by atoms with Gasteiger partial charge in [-0.25, -0.2) is 0 Å². The molecule has 17 heavy (non-hydrogen) atoms. The van der Waals surface area contributed by atoms with Crippen molar-refractivity contribution in [2.75, 3.05) is 0 Å². The van der Waals surface area contributed by atoms with Gasteiger partial charge in [0.2, 0.25) is 0 Å². The van der Waals surface area contributed by atoms with E-state index >= 15 is 0 Å². The summed E-state index contributed by atoms with van der Waals surface area (Å²) in [4.78, 5) is 0.342. The maximum atomic E-state index is 3.77. The van der Waals surface area contributed by atoms with Crippen LogP contribution in [0, 0.1) is 3.57 Å². The third-order valence-corrected chi connectivity index (χ3v) is 4.76. The Morgan fingerprint density at radius 2 is 1.76 bits per heavy atom. The van der Waals surface area contributed by atoms with Gasteiger partial charge in [0.25, 0.3) is 0 Å². The molecule has 2 rings (SSSR count). The van der Waals surface area contributed by atoms with Crippen LogP contribution < -0.4 is 0 Å². The normalized spacial score (nSPS) is 12.4. The largest absolute Gasteiger partial charge is 0.0835 e. The van der Waals surface area contributed by atoms with Crippen LogP contribution in [0.2, 0.25) is 0 Å². The van der Waals surface area contributed by atoms with Crippen LogP contribution in [0.25, 0.3) is 0 Å². The molecule has 0 nitrogen and oxygen atoms in total. The van der Waals surface area contributed by atoms with Crippen LogP contribution in [0.3, 0.4) is 0 Å². The monoisotopic (exact) mass is 464 g/mol. The smallest absolute Gasteiger partial charge is 0.0447 e. The van der Waals surface area contributed by atoms with Crippen LogP contribution in [-0.2, 0) is 6.42 Å². The lowest BCUT2D eigenvalue weighted by molar-refractivity contribution is 0.942. The van der Waals surface area contributed by atoms with E-state index in [1.54, 1.807) is 0 Å². The van der Waals surface area contributed by atoms with Crippen molar-refractivity contribution in [2.24, 2.45) is 0 Å². The molecule has 1 atom stereocenters. The van der Waals surface area contributed by atoms with E-state index in [0.29, 0.717) is 4.83 Å². The average molecular weight is 466 g/mol. The molecule has 0 amide bonds. The van der Waals surface area contributed by atoms with Crippen LogP contribution in [0.4, 0.5) is 0 Å². The highest BCUT2D eigenvalue weighted by Gasteiger charge is 2.12. The van der Waals surface area contributed by atoms with Gasteiger partial charge in [-0.1, -0.05) is 62.2 Å². The summed E-state index contributed by atoms with van der Waals surface area (Å²) < 4.78 is 2.43. The minimum atomic E-state index is 0.342. The van der Waals surface area contributed by atoms with Crippen LogP contribution in [-0.4, -0.2) is 0 Å². The first-order chi connectivity index (χ1) is 8.16. The van der Waals surface area contributed by atoms with E-state index in [4.69, 9.17) is 0 Å². The van der Waals surface area contributed by atoms with E-state index in [-0.39, 0.29) is 0 Å². The first-order valence-electron chi connectivity index (χ1n) is 5.30. The molecule has 2 aromatic carbocycles. The van der Waals surface area contributed by atoms with Crippen molar-refractivity contribution in [3.63, 3.8) is 0 Å². The summed E-state index contributed by atoms with van der Waals surface area (Å²) in [6.45, 7) is 0. The highest BCUT2D eigenvalue weighted by atomic mass is 127. The van der Waals surface area contributed by atoms with Crippen molar-refractivity contribution < 1.29 is 0 Å². The summed E-state index contributed by atoms with van der Waals surface area (Å²) in [5.74, 6) is 0. The van der Waals surface area contributed by atoms with Crippen molar-refractivity contribution in [1.29, 1.82) is 0 Å². The SMILES string of the molecule is Brc1ccc(I)cc1C(Br)Cc1ccccc1. The molecule has 0 saturated carbocycles. The van der Waals surface area contributed by atoms with E-state index in [9.17, 15) is 0 Å². The Morgan fingerprint density at radius 1 is 1.06 bits per heavy atom. The zero-order valence-electron chi connectivity index (χ0n) is 9.04. The Kier molecular flexibility index (Phi) is 5.06. The zero-order valence-corrected chi connectivity index (χ0v) is 14.4. The van der Waals surface area contributed by atoms with Crippen LogP contribution in [0.15, 0.2) is 53.0 Å². The Hall–Kier alpha value is 0.130. The third-order valence-electron chi connectivity index (χ3n) is 2.55. The standard InChI is InChI=1S/C14H11Br2I/c15-13-7-6-11(17)9-12(13)14(16)8-10-4-2-1-3-5-10/h1-7,9,14H,8H2. The van der Waals surface area contributed by atoms with Gasteiger partial charge >= 0.3 is 0 Å².